The van der Waals surface area contributed by atoms with Gasteiger partial charge in [-0.25, -0.2) is 17.5 Å². The predicted octanol–water partition coefficient (Wildman–Crippen LogP) is 5.08. The quantitative estimate of drug-likeness (QED) is 0.342. The zero-order chi connectivity index (χ0) is 29.5. The third-order valence-corrected chi connectivity index (χ3v) is 9.93. The summed E-state index contributed by atoms with van der Waals surface area (Å²) in [7, 11) is -3.68. The molecule has 1 amide bonds. The van der Waals surface area contributed by atoms with Gasteiger partial charge in [-0.15, -0.1) is 0 Å². The van der Waals surface area contributed by atoms with Crippen LogP contribution in [-0.2, 0) is 26.0 Å². The molecule has 1 atom stereocenters. The highest BCUT2D eigenvalue weighted by Crippen LogP contribution is 2.28. The molecule has 1 heterocycles. The van der Waals surface area contributed by atoms with Crippen LogP contribution in [0.5, 0.6) is 0 Å². The van der Waals surface area contributed by atoms with Crippen molar-refractivity contribution in [2.24, 2.45) is 5.92 Å². The number of sulfonamides is 1. The minimum absolute atomic E-state index is 0.0473. The normalized spacial score (nSPS) is 20.6. The van der Waals surface area contributed by atoms with E-state index in [1.165, 1.54) is 17.7 Å². The number of benzene rings is 3. The van der Waals surface area contributed by atoms with Crippen molar-refractivity contribution in [2.75, 3.05) is 32.8 Å². The van der Waals surface area contributed by atoms with Crippen LogP contribution >= 0.6 is 0 Å². The molecule has 42 heavy (non-hydrogen) atoms. The first-order valence-corrected chi connectivity index (χ1v) is 16.3. The second kappa shape index (κ2) is 13.9. The SMILES string of the molecule is C[C@@H](NC(=O)[C@H]1CC[C@H](NS(=O)(=O)c2ccc(-c3cccc(CCN4CCOCC4)c3)cc2)CC1)c1ccc(F)cc1. The van der Waals surface area contributed by atoms with Gasteiger partial charge in [0.1, 0.15) is 5.82 Å². The molecule has 224 valence electrons. The molecule has 2 aliphatic rings. The summed E-state index contributed by atoms with van der Waals surface area (Å²) in [5.74, 6) is -0.527. The number of nitrogens with zero attached hydrogens (tertiary/aromatic N) is 1. The van der Waals surface area contributed by atoms with Crippen LogP contribution in [0.1, 0.15) is 49.8 Å². The third-order valence-electron chi connectivity index (χ3n) is 8.39. The van der Waals surface area contributed by atoms with E-state index in [0.717, 1.165) is 56.0 Å². The molecule has 9 heteroatoms. The van der Waals surface area contributed by atoms with Gasteiger partial charge in [0.25, 0.3) is 0 Å². The lowest BCUT2D eigenvalue weighted by molar-refractivity contribution is -0.126. The van der Waals surface area contributed by atoms with E-state index in [2.05, 4.69) is 39.2 Å². The molecular formula is C33H40FN3O4S. The Labute approximate surface area is 248 Å². The smallest absolute Gasteiger partial charge is 0.240 e. The molecule has 0 unspecified atom stereocenters. The Morgan fingerprint density at radius 3 is 2.33 bits per heavy atom. The number of hydrogen-bond donors (Lipinski definition) is 2. The zero-order valence-electron chi connectivity index (χ0n) is 24.1. The number of halogens is 1. The van der Waals surface area contributed by atoms with Crippen molar-refractivity contribution in [1.82, 2.24) is 14.9 Å². The van der Waals surface area contributed by atoms with Crippen LogP contribution in [0, 0.1) is 11.7 Å². The number of ether oxygens (including phenoxy) is 1. The summed E-state index contributed by atoms with van der Waals surface area (Å²) in [4.78, 5) is 15.5. The topological polar surface area (TPSA) is 87.7 Å². The molecule has 1 aliphatic carbocycles. The van der Waals surface area contributed by atoms with E-state index < -0.39 is 10.0 Å². The second-order valence-electron chi connectivity index (χ2n) is 11.4. The monoisotopic (exact) mass is 593 g/mol. The Bertz CT molecular complexity index is 1430. The van der Waals surface area contributed by atoms with E-state index in [1.807, 2.05) is 19.1 Å². The van der Waals surface area contributed by atoms with E-state index in [4.69, 9.17) is 4.74 Å². The highest BCUT2D eigenvalue weighted by Gasteiger charge is 2.30. The van der Waals surface area contributed by atoms with E-state index in [9.17, 15) is 17.6 Å². The van der Waals surface area contributed by atoms with E-state index in [1.54, 1.807) is 24.3 Å². The minimum atomic E-state index is -3.68. The number of carbonyl (C=O) groups is 1. The van der Waals surface area contributed by atoms with Crippen LogP contribution < -0.4 is 10.0 Å². The molecule has 0 aromatic heterocycles. The molecule has 1 saturated heterocycles. The van der Waals surface area contributed by atoms with Gasteiger partial charge in [0, 0.05) is 31.6 Å². The molecule has 7 nitrogen and oxygen atoms in total. The fraction of sp³-hybridized carbons (Fsp3) is 0.424. The minimum Gasteiger partial charge on any atom is -0.379 e. The van der Waals surface area contributed by atoms with Gasteiger partial charge in [-0.2, -0.15) is 0 Å². The van der Waals surface area contributed by atoms with Gasteiger partial charge in [0.15, 0.2) is 0 Å². The maximum atomic E-state index is 13.2. The largest absolute Gasteiger partial charge is 0.379 e. The molecule has 3 aromatic carbocycles. The molecule has 0 spiro atoms. The number of carbonyl (C=O) groups excluding carboxylic acids is 1. The van der Waals surface area contributed by atoms with E-state index in [0.29, 0.717) is 25.7 Å². The van der Waals surface area contributed by atoms with Crippen LogP contribution in [0.4, 0.5) is 4.39 Å². The summed E-state index contributed by atoms with van der Waals surface area (Å²) in [6.07, 6.45) is 3.36. The van der Waals surface area contributed by atoms with Crippen LogP contribution in [0.15, 0.2) is 77.7 Å². The first kappa shape index (κ1) is 30.4. The first-order valence-electron chi connectivity index (χ1n) is 14.8. The van der Waals surface area contributed by atoms with Crippen molar-refractivity contribution in [2.45, 2.75) is 56.0 Å². The number of rotatable bonds is 10. The van der Waals surface area contributed by atoms with Crippen molar-refractivity contribution in [3.05, 3.63) is 89.7 Å². The van der Waals surface area contributed by atoms with E-state index >= 15 is 0 Å². The highest BCUT2D eigenvalue weighted by molar-refractivity contribution is 7.89. The molecule has 2 N–H and O–H groups in total. The lowest BCUT2D eigenvalue weighted by Crippen LogP contribution is -2.41. The van der Waals surface area contributed by atoms with Gasteiger partial charge >= 0.3 is 0 Å². The van der Waals surface area contributed by atoms with Gasteiger partial charge < -0.3 is 10.1 Å². The predicted molar refractivity (Wildman–Crippen MR) is 162 cm³/mol. The van der Waals surface area contributed by atoms with Gasteiger partial charge in [-0.1, -0.05) is 48.5 Å². The molecule has 3 aromatic rings. The van der Waals surface area contributed by atoms with Gasteiger partial charge in [-0.05, 0) is 85.5 Å². The number of nitrogens with one attached hydrogen (secondary N) is 2. The lowest BCUT2D eigenvalue weighted by atomic mass is 9.85. The van der Waals surface area contributed by atoms with Crippen molar-refractivity contribution < 1.29 is 22.3 Å². The molecule has 0 radical (unpaired) electrons. The average molecular weight is 594 g/mol. The molecule has 5 rings (SSSR count). The lowest BCUT2D eigenvalue weighted by Gasteiger charge is -2.29. The Balaban J connectivity index is 1.11. The summed E-state index contributed by atoms with van der Waals surface area (Å²) in [5.41, 5.74) is 4.14. The molecule has 1 aliphatic heterocycles. The standard InChI is InChI=1S/C33H40FN3O4S/c1-24(26-5-11-30(34)12-6-26)35-33(38)28-7-13-31(14-8-28)36-42(39,40)32-15-9-27(10-16-32)29-4-2-3-25(23-29)17-18-37-19-21-41-22-20-37/h2-6,9-12,15-16,23-24,28,31,36H,7-8,13-14,17-22H2,1H3,(H,35,38)/t24-,28-,31-/m1/s1. The molecule has 2 fully saturated rings. The van der Waals surface area contributed by atoms with Gasteiger partial charge in [0.2, 0.25) is 15.9 Å². The summed E-state index contributed by atoms with van der Waals surface area (Å²) >= 11 is 0. The van der Waals surface area contributed by atoms with Gasteiger partial charge in [-0.3, -0.25) is 9.69 Å². The summed E-state index contributed by atoms with van der Waals surface area (Å²) in [6, 6.07) is 21.1. The highest BCUT2D eigenvalue weighted by atomic mass is 32.2. The van der Waals surface area contributed by atoms with Crippen LogP contribution in [0.2, 0.25) is 0 Å². The number of amides is 1. The fourth-order valence-corrected chi connectivity index (χ4v) is 7.08. The Morgan fingerprint density at radius 2 is 1.64 bits per heavy atom. The number of morpholine rings is 1. The van der Waals surface area contributed by atoms with E-state index in [-0.39, 0.29) is 34.6 Å². The second-order valence-corrected chi connectivity index (χ2v) is 13.1. The third kappa shape index (κ3) is 8.04. The summed E-state index contributed by atoms with van der Waals surface area (Å²) < 4.78 is 47.8. The molecule has 1 saturated carbocycles. The maximum Gasteiger partial charge on any atom is 0.240 e. The maximum absolute atomic E-state index is 13.2. The zero-order valence-corrected chi connectivity index (χ0v) is 24.9. The molecule has 0 bridgehead atoms. The van der Waals surface area contributed by atoms with Crippen LogP contribution in [0.25, 0.3) is 11.1 Å². The number of hydrogen-bond acceptors (Lipinski definition) is 5. The summed E-state index contributed by atoms with van der Waals surface area (Å²) in [6.45, 7) is 6.40. The average Bonchev–Trinajstić information content (AvgIpc) is 3.01. The van der Waals surface area contributed by atoms with Gasteiger partial charge in [0.05, 0.1) is 24.2 Å². The van der Waals surface area contributed by atoms with Crippen molar-refractivity contribution in [3.63, 3.8) is 0 Å². The Morgan fingerprint density at radius 1 is 0.952 bits per heavy atom. The van der Waals surface area contributed by atoms with Crippen molar-refractivity contribution in [3.8, 4) is 11.1 Å². The Kier molecular flexibility index (Phi) is 10.1. The van der Waals surface area contributed by atoms with Crippen molar-refractivity contribution in [1.29, 1.82) is 0 Å². The summed E-state index contributed by atoms with van der Waals surface area (Å²) in [5, 5.41) is 3.01. The van der Waals surface area contributed by atoms with Crippen LogP contribution in [0.3, 0.4) is 0 Å². The first-order chi connectivity index (χ1) is 20.3. The van der Waals surface area contributed by atoms with Crippen molar-refractivity contribution >= 4 is 15.9 Å². The fourth-order valence-electron chi connectivity index (χ4n) is 5.77. The molecular weight excluding hydrogens is 553 g/mol. The Hall–Kier alpha value is -3.11. The van der Waals surface area contributed by atoms with Crippen LogP contribution in [-0.4, -0.2) is 58.1 Å².